The number of nitrogens with zero attached hydrogens (tertiary/aromatic N) is 2. The summed E-state index contributed by atoms with van der Waals surface area (Å²) in [5.41, 5.74) is 2.70. The average Bonchev–Trinajstić information content (AvgIpc) is 2.54. The van der Waals surface area contributed by atoms with Gasteiger partial charge in [0.1, 0.15) is 0 Å². The van der Waals surface area contributed by atoms with Crippen LogP contribution >= 0.6 is 0 Å². The van der Waals surface area contributed by atoms with Gasteiger partial charge in [-0.25, -0.2) is 0 Å². The molecule has 0 saturated carbocycles. The van der Waals surface area contributed by atoms with Crippen LogP contribution in [0.3, 0.4) is 0 Å². The average molecular weight is 236 g/mol. The minimum atomic E-state index is 0.157. The van der Waals surface area contributed by atoms with Crippen LogP contribution < -0.4 is 0 Å². The van der Waals surface area contributed by atoms with Crippen LogP contribution in [-0.4, -0.2) is 23.0 Å². The van der Waals surface area contributed by atoms with E-state index in [0.717, 1.165) is 19.8 Å². The second-order valence-corrected chi connectivity index (χ2v) is 6.44. The van der Waals surface area contributed by atoms with Crippen LogP contribution in [-0.2, 0) is 16.7 Å². The van der Waals surface area contributed by atoms with Crippen LogP contribution in [0.2, 0.25) is 0 Å². The first-order valence-corrected chi connectivity index (χ1v) is 6.54. The Morgan fingerprint density at radius 2 is 2.06 bits per heavy atom. The van der Waals surface area contributed by atoms with Gasteiger partial charge in [0.2, 0.25) is 0 Å². The number of rotatable bonds is 3. The van der Waals surface area contributed by atoms with E-state index in [-0.39, 0.29) is 5.41 Å². The summed E-state index contributed by atoms with van der Waals surface area (Å²) in [5, 5.41) is 4.76. The van der Waals surface area contributed by atoms with E-state index in [9.17, 15) is 0 Å². The van der Waals surface area contributed by atoms with E-state index in [4.69, 9.17) is 9.84 Å². The highest BCUT2D eigenvalue weighted by Crippen LogP contribution is 2.27. The Morgan fingerprint density at radius 3 is 2.47 bits per heavy atom. The van der Waals surface area contributed by atoms with Gasteiger partial charge in [-0.3, -0.25) is 4.68 Å². The van der Waals surface area contributed by atoms with Crippen molar-refractivity contribution in [3.8, 4) is 0 Å². The topological polar surface area (TPSA) is 27.1 Å². The lowest BCUT2D eigenvalue weighted by Gasteiger charge is -2.28. The molecule has 2 heterocycles. The third-order valence-electron chi connectivity index (χ3n) is 3.30. The largest absolute Gasteiger partial charge is 0.381 e. The molecule has 1 aliphatic heterocycles. The quantitative estimate of drug-likeness (QED) is 0.807. The van der Waals surface area contributed by atoms with Crippen molar-refractivity contribution in [2.45, 2.75) is 52.5 Å². The summed E-state index contributed by atoms with van der Waals surface area (Å²) < 4.78 is 7.44. The summed E-state index contributed by atoms with van der Waals surface area (Å²) in [4.78, 5) is 0. The van der Waals surface area contributed by atoms with Crippen LogP contribution in [0.15, 0.2) is 6.07 Å². The maximum atomic E-state index is 5.25. The Bertz CT molecular complexity index is 383. The molecule has 0 unspecified atom stereocenters. The van der Waals surface area contributed by atoms with Crippen LogP contribution in [0.4, 0.5) is 0 Å². The Balaban J connectivity index is 2.26. The molecule has 3 nitrogen and oxygen atoms in total. The first-order valence-electron chi connectivity index (χ1n) is 6.54. The molecule has 0 aliphatic carbocycles. The Hall–Kier alpha value is -0.830. The van der Waals surface area contributed by atoms with Gasteiger partial charge in [-0.1, -0.05) is 34.6 Å². The highest BCUT2D eigenvalue weighted by atomic mass is 16.5. The maximum absolute atomic E-state index is 5.25. The molecule has 2 rings (SSSR count). The lowest BCUT2D eigenvalue weighted by atomic mass is 9.91. The normalized spacial score (nSPS) is 17.5. The van der Waals surface area contributed by atoms with Crippen LogP contribution in [0.25, 0.3) is 0 Å². The smallest absolute Gasteiger partial charge is 0.0653 e. The van der Waals surface area contributed by atoms with Gasteiger partial charge in [-0.2, -0.15) is 5.10 Å². The van der Waals surface area contributed by atoms with Crippen molar-refractivity contribution >= 4 is 0 Å². The van der Waals surface area contributed by atoms with Crippen molar-refractivity contribution < 1.29 is 4.74 Å². The van der Waals surface area contributed by atoms with Gasteiger partial charge in [-0.05, 0) is 12.0 Å². The minimum absolute atomic E-state index is 0.157. The molecule has 0 amide bonds. The lowest BCUT2D eigenvalue weighted by Crippen LogP contribution is -2.33. The monoisotopic (exact) mass is 236 g/mol. The molecule has 1 aliphatic rings. The van der Waals surface area contributed by atoms with Crippen molar-refractivity contribution in [2.24, 2.45) is 5.92 Å². The zero-order valence-electron chi connectivity index (χ0n) is 11.7. The van der Waals surface area contributed by atoms with E-state index in [1.54, 1.807) is 0 Å². The summed E-state index contributed by atoms with van der Waals surface area (Å²) >= 11 is 0. The molecule has 0 spiro atoms. The SMILES string of the molecule is CC(C)c1cc(C(C)(C)C)n(CC2COC2)n1. The maximum Gasteiger partial charge on any atom is 0.0653 e. The molecule has 1 aromatic heterocycles. The summed E-state index contributed by atoms with van der Waals surface area (Å²) in [6.45, 7) is 13.9. The molecule has 1 saturated heterocycles. The molecular formula is C14H24N2O. The van der Waals surface area contributed by atoms with E-state index in [0.29, 0.717) is 11.8 Å². The summed E-state index contributed by atoms with van der Waals surface area (Å²) in [6, 6.07) is 2.27. The third-order valence-corrected chi connectivity index (χ3v) is 3.30. The van der Waals surface area contributed by atoms with Crippen molar-refractivity contribution in [1.29, 1.82) is 0 Å². The van der Waals surface area contributed by atoms with Crippen molar-refractivity contribution in [3.05, 3.63) is 17.5 Å². The molecular weight excluding hydrogens is 212 g/mol. The number of hydrogen-bond donors (Lipinski definition) is 0. The van der Waals surface area contributed by atoms with E-state index in [1.165, 1.54) is 11.4 Å². The highest BCUT2D eigenvalue weighted by Gasteiger charge is 2.25. The highest BCUT2D eigenvalue weighted by molar-refractivity contribution is 5.20. The zero-order chi connectivity index (χ0) is 12.6. The third kappa shape index (κ3) is 2.71. The van der Waals surface area contributed by atoms with Gasteiger partial charge < -0.3 is 4.74 Å². The first kappa shape index (κ1) is 12.6. The van der Waals surface area contributed by atoms with E-state index >= 15 is 0 Å². The fraction of sp³-hybridized carbons (Fsp3) is 0.786. The molecule has 0 aromatic carbocycles. The molecule has 17 heavy (non-hydrogen) atoms. The second-order valence-electron chi connectivity index (χ2n) is 6.44. The molecule has 1 fully saturated rings. The van der Waals surface area contributed by atoms with E-state index < -0.39 is 0 Å². The number of aromatic nitrogens is 2. The molecule has 0 bridgehead atoms. The van der Waals surface area contributed by atoms with Crippen molar-refractivity contribution in [2.75, 3.05) is 13.2 Å². The van der Waals surface area contributed by atoms with Crippen molar-refractivity contribution in [3.63, 3.8) is 0 Å². The second kappa shape index (κ2) is 4.45. The zero-order valence-corrected chi connectivity index (χ0v) is 11.7. The van der Waals surface area contributed by atoms with Crippen molar-refractivity contribution in [1.82, 2.24) is 9.78 Å². The van der Waals surface area contributed by atoms with Gasteiger partial charge >= 0.3 is 0 Å². The van der Waals surface area contributed by atoms with E-state index in [2.05, 4.69) is 45.4 Å². The van der Waals surface area contributed by atoms with Gasteiger partial charge in [-0.15, -0.1) is 0 Å². The summed E-state index contributed by atoms with van der Waals surface area (Å²) in [7, 11) is 0. The molecule has 96 valence electrons. The molecule has 1 aromatic rings. The fourth-order valence-electron chi connectivity index (χ4n) is 2.10. The van der Waals surface area contributed by atoms with Crippen LogP contribution in [0.1, 0.15) is 51.9 Å². The fourth-order valence-corrected chi connectivity index (χ4v) is 2.10. The first-order chi connectivity index (χ1) is 7.88. The predicted octanol–water partition coefficient (Wildman–Crippen LogP) is 2.95. The number of ether oxygens (including phenoxy) is 1. The summed E-state index contributed by atoms with van der Waals surface area (Å²) in [5.74, 6) is 1.14. The van der Waals surface area contributed by atoms with Crippen LogP contribution in [0, 0.1) is 5.92 Å². The molecule has 0 N–H and O–H groups in total. The van der Waals surface area contributed by atoms with Crippen LogP contribution in [0.5, 0.6) is 0 Å². The van der Waals surface area contributed by atoms with Gasteiger partial charge in [0.15, 0.2) is 0 Å². The van der Waals surface area contributed by atoms with Gasteiger partial charge in [0.05, 0.1) is 18.9 Å². The van der Waals surface area contributed by atoms with E-state index in [1.807, 2.05) is 0 Å². The molecule has 0 radical (unpaired) electrons. The minimum Gasteiger partial charge on any atom is -0.381 e. The lowest BCUT2D eigenvalue weighted by molar-refractivity contribution is -0.0414. The van der Waals surface area contributed by atoms with Gasteiger partial charge in [0, 0.05) is 23.6 Å². The predicted molar refractivity (Wildman–Crippen MR) is 69.3 cm³/mol. The van der Waals surface area contributed by atoms with Gasteiger partial charge in [0.25, 0.3) is 0 Å². The summed E-state index contributed by atoms with van der Waals surface area (Å²) in [6.07, 6.45) is 0. The molecule has 0 atom stereocenters. The Kier molecular flexibility index (Phi) is 3.30. The standard InChI is InChI=1S/C14H24N2O/c1-10(2)12-6-13(14(3,4)5)16(15-12)7-11-8-17-9-11/h6,10-11H,7-9H2,1-5H3. The number of hydrogen-bond acceptors (Lipinski definition) is 2. The Morgan fingerprint density at radius 1 is 1.41 bits per heavy atom. The molecule has 3 heteroatoms. The Labute approximate surface area is 104 Å².